The highest BCUT2D eigenvalue weighted by atomic mass is 32.1. The zero-order valence-corrected chi connectivity index (χ0v) is 15.1. The number of rotatable bonds is 5. The molecule has 0 fully saturated rings. The standard InChI is InChI=1S/C17H19N3OS2/c1-12-6-4-7-13-15(12)18-17(23-13)20(10-9-19(2)3)16(21)14-8-5-11-22-14/h4-8,11H,9-10H2,1-3H3. The molecule has 3 aromatic rings. The molecule has 1 amide bonds. The van der Waals surface area contributed by atoms with Gasteiger partial charge in [0.2, 0.25) is 0 Å². The van der Waals surface area contributed by atoms with Crippen LogP contribution in [0, 0.1) is 6.92 Å². The van der Waals surface area contributed by atoms with Crippen LogP contribution in [0.3, 0.4) is 0 Å². The summed E-state index contributed by atoms with van der Waals surface area (Å²) in [7, 11) is 4.02. The lowest BCUT2D eigenvalue weighted by molar-refractivity contribution is 0.0989. The van der Waals surface area contributed by atoms with E-state index in [9.17, 15) is 4.79 Å². The third kappa shape index (κ3) is 3.44. The van der Waals surface area contributed by atoms with E-state index < -0.39 is 0 Å². The zero-order chi connectivity index (χ0) is 16.4. The average molecular weight is 345 g/mol. The molecule has 4 nitrogen and oxygen atoms in total. The Morgan fingerprint density at radius 2 is 2.00 bits per heavy atom. The highest BCUT2D eigenvalue weighted by Gasteiger charge is 2.22. The van der Waals surface area contributed by atoms with Crippen molar-refractivity contribution in [2.45, 2.75) is 6.92 Å². The Morgan fingerprint density at radius 1 is 1.17 bits per heavy atom. The number of fused-ring (bicyclic) bond motifs is 1. The predicted molar refractivity (Wildman–Crippen MR) is 98.9 cm³/mol. The number of hydrogen-bond acceptors (Lipinski definition) is 5. The van der Waals surface area contributed by atoms with Gasteiger partial charge < -0.3 is 4.90 Å². The molecule has 0 aliphatic rings. The summed E-state index contributed by atoms with van der Waals surface area (Å²) in [5, 5.41) is 2.70. The summed E-state index contributed by atoms with van der Waals surface area (Å²) in [5.74, 6) is 0.0264. The maximum Gasteiger partial charge on any atom is 0.270 e. The molecule has 23 heavy (non-hydrogen) atoms. The molecule has 1 aromatic carbocycles. The van der Waals surface area contributed by atoms with Crippen LogP contribution in [0.1, 0.15) is 15.2 Å². The SMILES string of the molecule is Cc1cccc2sc(N(CCN(C)C)C(=O)c3cccs3)nc12. The molecule has 0 saturated carbocycles. The molecule has 0 aliphatic carbocycles. The second-order valence-electron chi connectivity index (χ2n) is 5.66. The van der Waals surface area contributed by atoms with Gasteiger partial charge in [0, 0.05) is 13.1 Å². The lowest BCUT2D eigenvalue weighted by Crippen LogP contribution is -2.36. The van der Waals surface area contributed by atoms with E-state index in [-0.39, 0.29) is 5.91 Å². The summed E-state index contributed by atoms with van der Waals surface area (Å²) in [6, 6.07) is 9.92. The summed E-state index contributed by atoms with van der Waals surface area (Å²) >= 11 is 3.05. The first kappa shape index (κ1) is 16.1. The Morgan fingerprint density at radius 3 is 2.65 bits per heavy atom. The Balaban J connectivity index is 1.98. The maximum absolute atomic E-state index is 12.9. The molecule has 0 unspecified atom stereocenters. The van der Waals surface area contributed by atoms with Gasteiger partial charge in [-0.15, -0.1) is 11.3 Å². The molecule has 0 saturated heterocycles. The number of hydrogen-bond donors (Lipinski definition) is 0. The molecule has 3 rings (SSSR count). The van der Waals surface area contributed by atoms with Gasteiger partial charge in [0.15, 0.2) is 5.13 Å². The molecular weight excluding hydrogens is 326 g/mol. The van der Waals surface area contributed by atoms with Crippen LogP contribution >= 0.6 is 22.7 Å². The molecule has 0 atom stereocenters. The second kappa shape index (κ2) is 6.78. The minimum absolute atomic E-state index is 0.0264. The van der Waals surface area contributed by atoms with Gasteiger partial charge in [-0.3, -0.25) is 9.69 Å². The molecule has 120 valence electrons. The van der Waals surface area contributed by atoms with Crippen molar-refractivity contribution >= 4 is 43.9 Å². The number of para-hydroxylation sites is 1. The smallest absolute Gasteiger partial charge is 0.270 e. The number of likely N-dealkylation sites (N-methyl/N-ethyl adjacent to an activating group) is 1. The van der Waals surface area contributed by atoms with E-state index in [1.165, 1.54) is 11.3 Å². The van der Waals surface area contributed by atoms with Crippen LogP contribution in [0.2, 0.25) is 0 Å². The largest absolute Gasteiger partial charge is 0.308 e. The van der Waals surface area contributed by atoms with Crippen molar-refractivity contribution in [2.24, 2.45) is 0 Å². The van der Waals surface area contributed by atoms with E-state index in [1.807, 2.05) is 37.7 Å². The summed E-state index contributed by atoms with van der Waals surface area (Å²) in [5.41, 5.74) is 2.13. The zero-order valence-electron chi connectivity index (χ0n) is 13.4. The molecule has 0 aliphatic heterocycles. The summed E-state index contributed by atoms with van der Waals surface area (Å²) in [6.45, 7) is 3.48. The number of aromatic nitrogens is 1. The van der Waals surface area contributed by atoms with Crippen LogP contribution in [0.25, 0.3) is 10.2 Å². The van der Waals surface area contributed by atoms with Crippen molar-refractivity contribution in [1.29, 1.82) is 0 Å². The molecule has 0 N–H and O–H groups in total. The van der Waals surface area contributed by atoms with Crippen LogP contribution in [-0.4, -0.2) is 43.0 Å². The number of thiophene rings is 1. The van der Waals surface area contributed by atoms with E-state index in [2.05, 4.69) is 24.0 Å². The highest BCUT2D eigenvalue weighted by Crippen LogP contribution is 2.31. The van der Waals surface area contributed by atoms with Crippen LogP contribution < -0.4 is 4.90 Å². The summed E-state index contributed by atoms with van der Waals surface area (Å²) in [4.78, 5) is 22.2. The van der Waals surface area contributed by atoms with Crippen molar-refractivity contribution in [3.05, 3.63) is 46.2 Å². The van der Waals surface area contributed by atoms with Crippen LogP contribution in [0.15, 0.2) is 35.7 Å². The fraction of sp³-hybridized carbons (Fsp3) is 0.294. The summed E-state index contributed by atoms with van der Waals surface area (Å²) in [6.07, 6.45) is 0. The van der Waals surface area contributed by atoms with Gasteiger partial charge >= 0.3 is 0 Å². The number of benzene rings is 1. The first-order valence-electron chi connectivity index (χ1n) is 7.42. The number of aryl methyl sites for hydroxylation is 1. The number of carbonyl (C=O) groups excluding carboxylic acids is 1. The van der Waals surface area contributed by atoms with Gasteiger partial charge in [-0.25, -0.2) is 4.98 Å². The monoisotopic (exact) mass is 345 g/mol. The van der Waals surface area contributed by atoms with E-state index in [1.54, 1.807) is 16.2 Å². The van der Waals surface area contributed by atoms with Crippen molar-refractivity contribution in [3.8, 4) is 0 Å². The first-order valence-corrected chi connectivity index (χ1v) is 9.12. The minimum atomic E-state index is 0.0264. The van der Waals surface area contributed by atoms with Crippen LogP contribution in [0.5, 0.6) is 0 Å². The quantitative estimate of drug-likeness (QED) is 0.704. The summed E-state index contributed by atoms with van der Waals surface area (Å²) < 4.78 is 1.12. The van der Waals surface area contributed by atoms with Crippen LogP contribution in [0.4, 0.5) is 5.13 Å². The Labute approximate surface area is 144 Å². The van der Waals surface area contributed by atoms with E-state index in [4.69, 9.17) is 4.98 Å². The molecular formula is C17H19N3OS2. The van der Waals surface area contributed by atoms with Gasteiger partial charge in [0.1, 0.15) is 0 Å². The first-order chi connectivity index (χ1) is 11.1. The third-order valence-corrected chi connectivity index (χ3v) is 5.49. The fourth-order valence-electron chi connectivity index (χ4n) is 2.31. The predicted octanol–water partition coefficient (Wildman–Crippen LogP) is 3.87. The number of thiazole rings is 1. The van der Waals surface area contributed by atoms with Crippen molar-refractivity contribution < 1.29 is 4.79 Å². The number of amides is 1. The van der Waals surface area contributed by atoms with Crippen molar-refractivity contribution in [3.63, 3.8) is 0 Å². The molecule has 6 heteroatoms. The number of anilines is 1. The Kier molecular flexibility index (Phi) is 4.75. The van der Waals surface area contributed by atoms with Crippen molar-refractivity contribution in [2.75, 3.05) is 32.1 Å². The Hall–Kier alpha value is -1.76. The third-order valence-electron chi connectivity index (χ3n) is 3.59. The van der Waals surface area contributed by atoms with Gasteiger partial charge in [0.05, 0.1) is 15.1 Å². The Bertz CT molecular complexity index is 808. The molecule has 0 bridgehead atoms. The lowest BCUT2D eigenvalue weighted by Gasteiger charge is -2.21. The van der Waals surface area contributed by atoms with Gasteiger partial charge in [0.25, 0.3) is 5.91 Å². The maximum atomic E-state index is 12.9. The lowest BCUT2D eigenvalue weighted by atomic mass is 10.2. The minimum Gasteiger partial charge on any atom is -0.308 e. The van der Waals surface area contributed by atoms with E-state index in [0.29, 0.717) is 6.54 Å². The highest BCUT2D eigenvalue weighted by molar-refractivity contribution is 7.22. The van der Waals surface area contributed by atoms with Crippen LogP contribution in [-0.2, 0) is 0 Å². The average Bonchev–Trinajstić information content (AvgIpc) is 3.16. The number of nitrogens with zero attached hydrogens (tertiary/aromatic N) is 3. The van der Waals surface area contributed by atoms with Gasteiger partial charge in [-0.05, 0) is 44.1 Å². The number of carbonyl (C=O) groups is 1. The molecule has 0 radical (unpaired) electrons. The second-order valence-corrected chi connectivity index (χ2v) is 7.61. The van der Waals surface area contributed by atoms with E-state index >= 15 is 0 Å². The van der Waals surface area contributed by atoms with Gasteiger partial charge in [-0.1, -0.05) is 29.5 Å². The van der Waals surface area contributed by atoms with Gasteiger partial charge in [-0.2, -0.15) is 0 Å². The van der Waals surface area contributed by atoms with Crippen molar-refractivity contribution in [1.82, 2.24) is 9.88 Å². The van der Waals surface area contributed by atoms with E-state index in [0.717, 1.165) is 32.3 Å². The fourth-order valence-corrected chi connectivity index (χ4v) is 4.05. The molecule has 2 heterocycles. The normalized spacial score (nSPS) is 11.3. The topological polar surface area (TPSA) is 36.4 Å². The molecule has 2 aromatic heterocycles. The molecule has 0 spiro atoms.